The number of nitro groups is 3. The zero-order valence-electron chi connectivity index (χ0n) is 61.0. The molecule has 12 N–H and O–H groups in total. The van der Waals surface area contributed by atoms with Crippen molar-refractivity contribution < 1.29 is 73.9 Å². The van der Waals surface area contributed by atoms with Crippen LogP contribution in [0.1, 0.15) is 106 Å². The fourth-order valence-electron chi connectivity index (χ4n) is 9.72. The highest BCUT2D eigenvalue weighted by Gasteiger charge is 2.26. The van der Waals surface area contributed by atoms with Crippen LogP contribution in [-0.2, 0) is 24.8 Å². The van der Waals surface area contributed by atoms with E-state index in [1.54, 1.807) is 40.7 Å². The van der Waals surface area contributed by atoms with Gasteiger partial charge in [-0.25, -0.2) is 69.7 Å². The first-order valence-corrected chi connectivity index (χ1v) is 38.8. The van der Waals surface area contributed by atoms with E-state index in [1.807, 2.05) is 4.72 Å². The fourth-order valence-corrected chi connectivity index (χ4v) is 12.7. The lowest BCUT2D eigenvalue weighted by molar-refractivity contribution is -0.385. The lowest BCUT2D eigenvalue weighted by Crippen LogP contribution is -2.32. The van der Waals surface area contributed by atoms with E-state index in [0.717, 1.165) is 95.4 Å². The smallest absolute Gasteiger partial charge is 0.416 e. The maximum Gasteiger partial charge on any atom is 0.417 e. The second-order valence-corrected chi connectivity index (χ2v) is 29.0. The summed E-state index contributed by atoms with van der Waals surface area (Å²) in [4.78, 5) is 124. The van der Waals surface area contributed by atoms with Crippen molar-refractivity contribution in [2.45, 2.75) is 85.0 Å². The van der Waals surface area contributed by atoms with Crippen LogP contribution in [0.5, 0.6) is 0 Å². The molecule has 4 aliphatic heterocycles. The number of benzene rings is 2. The molecular formula is C68H82Cl3F2N21O17S2. The Morgan fingerprint density at radius 2 is 0.894 bits per heavy atom. The van der Waals surface area contributed by atoms with E-state index in [-0.39, 0.29) is 91.2 Å². The molecule has 9 heterocycles. The Labute approximate surface area is 662 Å². The highest BCUT2D eigenvalue weighted by Crippen LogP contribution is 2.30. The number of sulfonamides is 2. The zero-order chi connectivity index (χ0) is 83.4. The van der Waals surface area contributed by atoms with E-state index >= 15 is 0 Å². The molecule has 0 radical (unpaired) electrons. The summed E-state index contributed by atoms with van der Waals surface area (Å²) in [6.07, 6.45) is 15.0. The van der Waals surface area contributed by atoms with Crippen LogP contribution in [0.4, 0.5) is 96.9 Å². The molecule has 0 aliphatic carbocycles. The number of pyridine rings is 5. The topological polar surface area (TPSA) is 532 Å². The number of halogens is 5. The Bertz CT molecular complexity index is 4650. The van der Waals surface area contributed by atoms with E-state index < -0.39 is 74.8 Å². The lowest BCUT2D eigenvalue weighted by atomic mass is 10.1. The van der Waals surface area contributed by atoms with Crippen molar-refractivity contribution in [2.24, 2.45) is 0 Å². The van der Waals surface area contributed by atoms with Gasteiger partial charge in [-0.1, -0.05) is 43.6 Å². The molecule has 11 rings (SSSR count). The Kier molecular flexibility index (Phi) is 37.4. The standard InChI is InChI=1S/C20H23ClFN5O4S.C10H10Cl2FNO3S.C10H12N4O3.C10H14N4O.C9H9N3O4.C5H5N3O2.C4H9N/c1-2-11-32(30,31)26-15-7-6-14(21)17(18(15)22)19(28)24-13-5-8-16(23-12-13)25-20(29)27-9-3-4-10-27;1-2-5-18(16,17)14-7-4-3-6(11)8(9(7)13)10(12)15;15-10(13-5-1-2-6-13)12-9-4-3-8(7-11-9)14(16)17;11-8-3-4-9(12-7-8)13-10(15)14-5-1-2-6-14;1-6(2)16-9(13)11-8-4-3-7(5-10-8)12(14)15;6-5-2-1-4(3-7-5)8(9)10;1-2-4-5-3-1/h5-8,12,26H,2-4,9-11H2,1H3,(H,24,28)(H,23,25,29);3-4,14H,2,5H2,1H3;3-4,7H,1-2,5-6H2,(H,11,12,15);3-4,7H,1-2,5-6,11H2,(H,12,13,15);3-5H,1H2,2H3,(H,10,11,13);1-3H,(H2,6,7);5H,1-4H2. The Morgan fingerprint density at radius 3 is 1.22 bits per heavy atom. The van der Waals surface area contributed by atoms with Crippen molar-refractivity contribution in [3.05, 3.63) is 191 Å². The van der Waals surface area contributed by atoms with Crippen molar-refractivity contribution in [3.63, 3.8) is 0 Å². The molecule has 113 heavy (non-hydrogen) atoms. The van der Waals surface area contributed by atoms with E-state index in [2.05, 4.69) is 72.9 Å². The highest BCUT2D eigenvalue weighted by molar-refractivity contribution is 7.93. The first-order chi connectivity index (χ1) is 53.6. The third-order valence-electron chi connectivity index (χ3n) is 15.1. The van der Waals surface area contributed by atoms with Crippen LogP contribution in [-0.4, -0.2) is 170 Å². The molecule has 4 fully saturated rings. The average Bonchev–Trinajstić information content (AvgIpc) is 1.29. The van der Waals surface area contributed by atoms with Crippen molar-refractivity contribution in [2.75, 3.05) is 111 Å². The Balaban J connectivity index is 0.000000247. The molecule has 4 aliphatic rings. The van der Waals surface area contributed by atoms with Gasteiger partial charge in [0.15, 0.2) is 11.6 Å². The summed E-state index contributed by atoms with van der Waals surface area (Å²) >= 11 is 16.8. The summed E-state index contributed by atoms with van der Waals surface area (Å²) in [6, 6.07) is 18.5. The number of rotatable bonds is 19. The zero-order valence-corrected chi connectivity index (χ0v) is 64.9. The van der Waals surface area contributed by atoms with Crippen LogP contribution in [0.3, 0.4) is 0 Å². The molecule has 608 valence electrons. The van der Waals surface area contributed by atoms with Crippen LogP contribution >= 0.6 is 34.8 Å². The number of likely N-dealkylation sites (tertiary alicyclic amines) is 3. The first kappa shape index (κ1) is 91.7. The number of urea groups is 3. The van der Waals surface area contributed by atoms with Crippen molar-refractivity contribution in [1.29, 1.82) is 0 Å². The number of amides is 8. The first-order valence-electron chi connectivity index (χ1n) is 34.3. The summed E-state index contributed by atoms with van der Waals surface area (Å²) in [7, 11) is -7.41. The molecule has 0 spiro atoms. The van der Waals surface area contributed by atoms with Crippen LogP contribution in [0, 0.1) is 42.0 Å². The number of nitrogen functional groups attached to an aromatic ring is 2. The van der Waals surface area contributed by atoms with Crippen LogP contribution in [0.25, 0.3) is 0 Å². The van der Waals surface area contributed by atoms with Gasteiger partial charge in [0, 0.05) is 57.5 Å². The minimum Gasteiger partial charge on any atom is -0.416 e. The van der Waals surface area contributed by atoms with E-state index in [1.165, 1.54) is 106 Å². The number of carbonyl (C=O) groups is 6. The number of nitrogens with one attached hydrogen (secondary N) is 8. The Morgan fingerprint density at radius 1 is 0.522 bits per heavy atom. The van der Waals surface area contributed by atoms with Gasteiger partial charge in [-0.05, 0) is 163 Å². The molecule has 0 saturated carbocycles. The summed E-state index contributed by atoms with van der Waals surface area (Å²) in [5, 5.41) is 45.3. The SMILES string of the molecule is C1CCNC1.C=C(C)OC(=O)Nc1ccc([N+](=O)[O-])cn1.CCCS(=O)(=O)Nc1ccc(Cl)c(C(=O)Cl)c1F.CCCS(=O)(=O)Nc1ccc(Cl)c(C(=O)Nc2ccc(NC(=O)N3CCCC3)nc2)c1F.Nc1ccc(NC(=O)N2CCCC2)nc1.Nc1ccc([N+](=O)[O-])cn1.O=C(Nc1ccc([N+](=O)[O-])cn1)N1CCCC1. The number of carbonyl (C=O) groups excluding carboxylic acids is 6. The van der Waals surface area contributed by atoms with Gasteiger partial charge in [0.25, 0.3) is 28.2 Å². The second-order valence-electron chi connectivity index (χ2n) is 24.1. The van der Waals surface area contributed by atoms with Gasteiger partial charge < -0.3 is 41.5 Å². The maximum atomic E-state index is 14.9. The molecule has 2 aromatic carbocycles. The largest absolute Gasteiger partial charge is 0.417 e. The second kappa shape index (κ2) is 46.1. The van der Waals surface area contributed by atoms with E-state index in [0.29, 0.717) is 49.1 Å². The summed E-state index contributed by atoms with van der Waals surface area (Å²) in [6.45, 7) is 15.3. The molecule has 8 amide bonds. The summed E-state index contributed by atoms with van der Waals surface area (Å²) in [5.41, 5.74) is 9.45. The third kappa shape index (κ3) is 32.5. The predicted molar refractivity (Wildman–Crippen MR) is 423 cm³/mol. The monoisotopic (exact) mass is 1670 g/mol. The highest BCUT2D eigenvalue weighted by atomic mass is 35.5. The lowest BCUT2D eigenvalue weighted by Gasteiger charge is -2.16. The molecule has 0 bridgehead atoms. The molecule has 5 aromatic heterocycles. The predicted octanol–water partition coefficient (Wildman–Crippen LogP) is 12.8. The number of anilines is 9. The van der Waals surface area contributed by atoms with Crippen molar-refractivity contribution in [3.8, 4) is 0 Å². The van der Waals surface area contributed by atoms with Gasteiger partial charge >= 0.3 is 24.2 Å². The molecule has 45 heteroatoms. The summed E-state index contributed by atoms with van der Waals surface area (Å²) < 4.78 is 84.4. The quantitative estimate of drug-likeness (QED) is 0.0156. The fraction of sp³-hybridized carbons (Fsp3) is 0.338. The molecule has 0 atom stereocenters. The molecular weight excluding hydrogens is 1590 g/mol. The molecule has 0 unspecified atom stereocenters. The van der Waals surface area contributed by atoms with Gasteiger partial charge in [0.1, 0.15) is 47.7 Å². The van der Waals surface area contributed by atoms with E-state index in [4.69, 9.17) is 46.3 Å². The molecule has 38 nitrogen and oxygen atoms in total. The van der Waals surface area contributed by atoms with Gasteiger partial charge in [-0.3, -0.25) is 70.6 Å². The molecule has 7 aromatic rings. The normalized spacial score (nSPS) is 13.1. The number of allylic oxidation sites excluding steroid dienone is 1. The third-order valence-corrected chi connectivity index (χ3v) is 18.9. The van der Waals surface area contributed by atoms with Crippen LogP contribution in [0.15, 0.2) is 128 Å². The Hall–Kier alpha value is -11.9. The van der Waals surface area contributed by atoms with Gasteiger partial charge in [-0.2, -0.15) is 0 Å². The number of hydrogen-bond donors (Lipinski definition) is 10. The van der Waals surface area contributed by atoms with Gasteiger partial charge in [0.05, 0.1) is 88.4 Å². The summed E-state index contributed by atoms with van der Waals surface area (Å²) in [5.74, 6) is -1.53. The molecule has 4 saturated heterocycles. The number of hydrogen-bond acceptors (Lipinski definition) is 25. The minimum atomic E-state index is -3.76. The minimum absolute atomic E-state index is 0.0470. The average molecular weight is 1670 g/mol. The maximum absolute atomic E-state index is 14.9. The number of aromatic nitrogens is 5. The van der Waals surface area contributed by atoms with Crippen molar-refractivity contribution >= 4 is 159 Å². The number of ether oxygens (including phenoxy) is 1. The van der Waals surface area contributed by atoms with Gasteiger partial charge in [-0.15, -0.1) is 0 Å². The van der Waals surface area contributed by atoms with Crippen LogP contribution in [0.2, 0.25) is 10.0 Å². The van der Waals surface area contributed by atoms with Crippen molar-refractivity contribution in [1.82, 2.24) is 44.9 Å². The number of nitrogens with zero attached hydrogens (tertiary/aromatic N) is 11. The number of nitrogens with two attached hydrogens (primary N) is 2. The van der Waals surface area contributed by atoms with Crippen LogP contribution < -0.4 is 52.8 Å². The van der Waals surface area contributed by atoms with E-state index in [9.17, 15) is 84.7 Å². The van der Waals surface area contributed by atoms with Gasteiger partial charge in [0.2, 0.25) is 20.0 Å².